The van der Waals surface area contributed by atoms with Gasteiger partial charge in [-0.15, -0.1) is 10.2 Å². The Morgan fingerprint density at radius 2 is 1.74 bits per heavy atom. The van der Waals surface area contributed by atoms with Crippen LogP contribution in [0.3, 0.4) is 0 Å². The molecule has 0 radical (unpaired) electrons. The minimum atomic E-state index is -0.559. The molecular formula is C28H28FN5O3S. The zero-order valence-corrected chi connectivity index (χ0v) is 22.4. The number of H-pyrrole nitrogens is 1. The second-order valence-electron chi connectivity index (χ2n) is 9.13. The summed E-state index contributed by atoms with van der Waals surface area (Å²) in [6.45, 7) is 4.61. The highest BCUT2D eigenvalue weighted by Crippen LogP contribution is 2.38. The molecule has 0 aliphatic rings. The zero-order valence-electron chi connectivity index (χ0n) is 21.6. The summed E-state index contributed by atoms with van der Waals surface area (Å²) >= 11 is 1.52. The normalized spacial score (nSPS) is 11.6. The lowest BCUT2D eigenvalue weighted by molar-refractivity contribution is 0.344. The largest absolute Gasteiger partial charge is 0.493 e. The first kappa shape index (κ1) is 25.6. The molecule has 8 nitrogen and oxygen atoms in total. The van der Waals surface area contributed by atoms with Crippen LogP contribution < -0.4 is 14.2 Å². The Morgan fingerprint density at radius 1 is 0.947 bits per heavy atom. The third-order valence-corrected chi connectivity index (χ3v) is 7.27. The summed E-state index contributed by atoms with van der Waals surface area (Å²) in [6.07, 6.45) is 1.77. The van der Waals surface area contributed by atoms with Gasteiger partial charge in [-0.25, -0.2) is 4.39 Å². The van der Waals surface area contributed by atoms with Gasteiger partial charge in [0.05, 0.1) is 38.0 Å². The lowest BCUT2D eigenvalue weighted by atomic mass is 9.83. The van der Waals surface area contributed by atoms with Crippen molar-refractivity contribution in [2.45, 2.75) is 24.4 Å². The molecule has 0 saturated heterocycles. The summed E-state index contributed by atoms with van der Waals surface area (Å²) < 4.78 is 32.6. The van der Waals surface area contributed by atoms with Gasteiger partial charge in [-0.2, -0.15) is 5.10 Å². The number of aromatic nitrogens is 5. The van der Waals surface area contributed by atoms with E-state index >= 15 is 0 Å². The van der Waals surface area contributed by atoms with Crippen LogP contribution in [0.1, 0.15) is 25.2 Å². The quantitative estimate of drug-likeness (QED) is 0.179. The minimum absolute atomic E-state index is 0.306. The maximum Gasteiger partial charge on any atom is 0.195 e. The monoisotopic (exact) mass is 533 g/mol. The van der Waals surface area contributed by atoms with Gasteiger partial charge in [0.2, 0.25) is 0 Å². The molecule has 0 atom stereocenters. The van der Waals surface area contributed by atoms with Crippen molar-refractivity contribution >= 4 is 22.7 Å². The van der Waals surface area contributed by atoms with Crippen LogP contribution in [0.4, 0.5) is 4.39 Å². The van der Waals surface area contributed by atoms with Gasteiger partial charge in [0.1, 0.15) is 17.4 Å². The zero-order chi connectivity index (χ0) is 26.7. The number of ether oxygens (including phenoxy) is 3. The number of hydrogen-bond donors (Lipinski definition) is 1. The van der Waals surface area contributed by atoms with E-state index in [9.17, 15) is 4.39 Å². The van der Waals surface area contributed by atoms with Crippen molar-refractivity contribution in [2.75, 3.05) is 26.6 Å². The Hall–Kier alpha value is -4.05. The minimum Gasteiger partial charge on any atom is -0.493 e. The lowest BCUT2D eigenvalue weighted by Gasteiger charge is -2.26. The summed E-state index contributed by atoms with van der Waals surface area (Å²) in [5.41, 5.74) is 2.15. The van der Waals surface area contributed by atoms with Crippen molar-refractivity contribution in [3.63, 3.8) is 0 Å². The molecule has 0 saturated carbocycles. The predicted molar refractivity (Wildman–Crippen MR) is 145 cm³/mol. The van der Waals surface area contributed by atoms with E-state index in [1.54, 1.807) is 32.5 Å². The summed E-state index contributed by atoms with van der Waals surface area (Å²) in [4.78, 5) is 0. The third kappa shape index (κ3) is 5.04. The van der Waals surface area contributed by atoms with Crippen molar-refractivity contribution in [2.24, 2.45) is 0 Å². The van der Waals surface area contributed by atoms with Crippen molar-refractivity contribution in [3.8, 4) is 22.9 Å². The predicted octanol–water partition coefficient (Wildman–Crippen LogP) is 5.80. The van der Waals surface area contributed by atoms with Gasteiger partial charge in [-0.1, -0.05) is 17.8 Å². The smallest absolute Gasteiger partial charge is 0.195 e. The van der Waals surface area contributed by atoms with Crippen LogP contribution in [0, 0.1) is 5.82 Å². The second-order valence-corrected chi connectivity index (χ2v) is 10.2. The first-order chi connectivity index (χ1) is 18.4. The second kappa shape index (κ2) is 10.7. The molecule has 1 N–H and O–H groups in total. The number of rotatable bonds is 10. The fraction of sp³-hybridized carbons (Fsp3) is 0.250. The van der Waals surface area contributed by atoms with Crippen molar-refractivity contribution in [1.29, 1.82) is 0 Å². The average molecular weight is 534 g/mol. The molecule has 0 bridgehead atoms. The van der Waals surface area contributed by atoms with E-state index in [-0.39, 0.29) is 5.82 Å². The highest BCUT2D eigenvalue weighted by Gasteiger charge is 2.32. The molecule has 5 rings (SSSR count). The third-order valence-electron chi connectivity index (χ3n) is 6.38. The molecule has 196 valence electrons. The van der Waals surface area contributed by atoms with E-state index in [1.807, 2.05) is 41.0 Å². The maximum atomic E-state index is 13.8. The molecule has 0 amide bonds. The fourth-order valence-corrected chi connectivity index (χ4v) is 5.02. The van der Waals surface area contributed by atoms with Gasteiger partial charge in [0, 0.05) is 16.8 Å². The summed E-state index contributed by atoms with van der Waals surface area (Å²) in [5, 5.41) is 17.8. The Balaban J connectivity index is 1.41. The van der Waals surface area contributed by atoms with Crippen LogP contribution >= 0.6 is 11.8 Å². The summed E-state index contributed by atoms with van der Waals surface area (Å²) in [7, 11) is 3.22. The van der Waals surface area contributed by atoms with Crippen molar-refractivity contribution < 1.29 is 18.6 Å². The van der Waals surface area contributed by atoms with Crippen LogP contribution in [-0.2, 0) is 5.41 Å². The van der Waals surface area contributed by atoms with E-state index in [0.29, 0.717) is 34.8 Å². The molecule has 5 aromatic rings. The molecular weight excluding hydrogens is 505 g/mol. The molecule has 38 heavy (non-hydrogen) atoms. The van der Waals surface area contributed by atoms with E-state index in [2.05, 4.69) is 34.2 Å². The Labute approximate surface area is 224 Å². The molecule has 10 heteroatoms. The van der Waals surface area contributed by atoms with Gasteiger partial charge in [0.25, 0.3) is 0 Å². The number of methoxy groups -OCH3 is 2. The number of fused-ring (bicyclic) bond motifs is 1. The van der Waals surface area contributed by atoms with Crippen LogP contribution in [-0.4, -0.2) is 51.5 Å². The van der Waals surface area contributed by atoms with Crippen LogP contribution in [0.25, 0.3) is 16.6 Å². The molecule has 0 aliphatic heterocycles. The number of thioether (sulfide) groups is 1. The number of benzene rings is 3. The Morgan fingerprint density at radius 3 is 2.50 bits per heavy atom. The molecule has 2 aromatic heterocycles. The number of halogens is 1. The fourth-order valence-electron chi connectivity index (χ4n) is 4.25. The SMILES string of the molecule is COc1ccc(C(C)(C)c2nnc(SCCOc3ccc4[nH]ncc4c3)n2-c2ccc(F)cc2)cc1OC. The maximum absolute atomic E-state index is 13.8. The van der Waals surface area contributed by atoms with Gasteiger partial charge < -0.3 is 14.2 Å². The number of hydrogen-bond acceptors (Lipinski definition) is 7. The van der Waals surface area contributed by atoms with Gasteiger partial charge in [0.15, 0.2) is 16.7 Å². The van der Waals surface area contributed by atoms with Gasteiger partial charge in [-0.3, -0.25) is 9.67 Å². The van der Waals surface area contributed by atoms with E-state index < -0.39 is 5.41 Å². The van der Waals surface area contributed by atoms with Crippen molar-refractivity contribution in [1.82, 2.24) is 25.0 Å². The summed E-state index contributed by atoms with van der Waals surface area (Å²) in [6, 6.07) is 18.0. The number of nitrogens with one attached hydrogen (secondary N) is 1. The number of aromatic amines is 1. The van der Waals surface area contributed by atoms with Gasteiger partial charge in [-0.05, 0) is 74.0 Å². The standard InChI is InChI=1S/C28H28FN5O3S/c1-28(2,19-5-12-24(35-3)25(16-19)36-4)26-32-33-27(34(26)21-8-6-20(29)7-9-21)38-14-13-37-22-10-11-23-18(15-22)17-30-31-23/h5-12,15-17H,13-14H2,1-4H3,(H,30,31). The average Bonchev–Trinajstić information content (AvgIpc) is 3.58. The van der Waals surface area contributed by atoms with Gasteiger partial charge >= 0.3 is 0 Å². The van der Waals surface area contributed by atoms with Crippen LogP contribution in [0.2, 0.25) is 0 Å². The van der Waals surface area contributed by atoms with E-state index in [4.69, 9.17) is 14.2 Å². The molecule has 2 heterocycles. The topological polar surface area (TPSA) is 87.1 Å². The van der Waals surface area contributed by atoms with Crippen LogP contribution in [0.15, 0.2) is 72.0 Å². The summed E-state index contributed by atoms with van der Waals surface area (Å²) in [5.74, 6) is 3.10. The highest BCUT2D eigenvalue weighted by molar-refractivity contribution is 7.99. The molecule has 3 aromatic carbocycles. The highest BCUT2D eigenvalue weighted by atomic mass is 32.2. The van der Waals surface area contributed by atoms with Crippen LogP contribution in [0.5, 0.6) is 17.2 Å². The molecule has 0 spiro atoms. The molecule has 0 aliphatic carbocycles. The molecule has 0 unspecified atom stereocenters. The Kier molecular flexibility index (Phi) is 7.24. The number of nitrogens with zero attached hydrogens (tertiary/aromatic N) is 4. The first-order valence-corrected chi connectivity index (χ1v) is 13.0. The Bertz CT molecular complexity index is 1550. The lowest BCUT2D eigenvalue weighted by Crippen LogP contribution is -2.24. The van der Waals surface area contributed by atoms with E-state index in [1.165, 1.54) is 23.9 Å². The van der Waals surface area contributed by atoms with E-state index in [0.717, 1.165) is 27.9 Å². The van der Waals surface area contributed by atoms with Crippen molar-refractivity contribution in [3.05, 3.63) is 84.1 Å². The first-order valence-electron chi connectivity index (χ1n) is 12.0. The molecule has 0 fully saturated rings.